The molecule has 1 N–H and O–H groups in total. The molecule has 0 saturated heterocycles. The van der Waals surface area contributed by atoms with Crippen molar-refractivity contribution in [3.05, 3.63) is 137 Å². The number of para-hydroxylation sites is 1. The first-order chi connectivity index (χ1) is 22.1. The summed E-state index contributed by atoms with van der Waals surface area (Å²) in [6.45, 7) is 10.2. The van der Waals surface area contributed by atoms with Gasteiger partial charge in [0.25, 0.3) is 11.5 Å². The molecule has 2 aromatic heterocycles. The number of anilines is 1. The van der Waals surface area contributed by atoms with Crippen molar-refractivity contribution < 1.29 is 14.3 Å². The number of methoxy groups -OCH3 is 2. The quantitative estimate of drug-likeness (QED) is 0.242. The van der Waals surface area contributed by atoms with Crippen LogP contribution in [0, 0.1) is 27.7 Å². The molecule has 0 aliphatic carbocycles. The maximum Gasteiger partial charge on any atom is 0.271 e. The number of rotatable bonds is 7. The Morgan fingerprint density at radius 2 is 1.70 bits per heavy atom. The fourth-order valence-corrected chi connectivity index (χ4v) is 7.13. The van der Waals surface area contributed by atoms with Gasteiger partial charge in [-0.25, -0.2) is 4.99 Å². The summed E-state index contributed by atoms with van der Waals surface area (Å²) >= 11 is 1.31. The second-order valence-corrected chi connectivity index (χ2v) is 12.4. The van der Waals surface area contributed by atoms with Crippen molar-refractivity contribution >= 4 is 29.0 Å². The molecular weight excluding hydrogens is 596 g/mol. The van der Waals surface area contributed by atoms with Gasteiger partial charge in [0, 0.05) is 34.4 Å². The molecule has 234 valence electrons. The van der Waals surface area contributed by atoms with Crippen LogP contribution in [0.25, 0.3) is 11.8 Å². The number of amides is 1. The summed E-state index contributed by atoms with van der Waals surface area (Å²) in [4.78, 5) is 33.7. The molecule has 0 saturated carbocycles. The van der Waals surface area contributed by atoms with Crippen LogP contribution in [-0.2, 0) is 4.79 Å². The molecular formula is C37H36N4O4S. The Labute approximate surface area is 271 Å². The van der Waals surface area contributed by atoms with Gasteiger partial charge in [-0.1, -0.05) is 41.7 Å². The minimum Gasteiger partial charge on any atom is -0.497 e. The number of aromatic nitrogens is 2. The van der Waals surface area contributed by atoms with Crippen molar-refractivity contribution in [1.82, 2.24) is 9.13 Å². The van der Waals surface area contributed by atoms with Crippen LogP contribution in [0.4, 0.5) is 5.69 Å². The molecule has 0 bridgehead atoms. The monoisotopic (exact) mass is 632 g/mol. The topological polar surface area (TPSA) is 86.9 Å². The largest absolute Gasteiger partial charge is 0.497 e. The van der Waals surface area contributed by atoms with Crippen LogP contribution in [0.15, 0.2) is 93.9 Å². The molecule has 3 aromatic carbocycles. The van der Waals surface area contributed by atoms with Gasteiger partial charge >= 0.3 is 0 Å². The van der Waals surface area contributed by atoms with Crippen LogP contribution >= 0.6 is 11.3 Å². The third kappa shape index (κ3) is 5.37. The fraction of sp³-hybridized carbons (Fsp3) is 0.216. The van der Waals surface area contributed by atoms with Crippen molar-refractivity contribution in [2.24, 2.45) is 4.99 Å². The average molecular weight is 633 g/mol. The van der Waals surface area contributed by atoms with E-state index in [4.69, 9.17) is 14.5 Å². The number of fused-ring (bicyclic) bond motifs is 1. The highest BCUT2D eigenvalue weighted by Crippen LogP contribution is 2.37. The van der Waals surface area contributed by atoms with Crippen LogP contribution in [0.2, 0.25) is 0 Å². The zero-order valence-corrected chi connectivity index (χ0v) is 27.8. The molecule has 0 fully saturated rings. The van der Waals surface area contributed by atoms with Crippen molar-refractivity contribution in [2.75, 3.05) is 19.5 Å². The number of aryl methyl sites for hydroxylation is 2. The van der Waals surface area contributed by atoms with Crippen LogP contribution in [0.3, 0.4) is 0 Å². The van der Waals surface area contributed by atoms with E-state index in [0.29, 0.717) is 43.4 Å². The Bertz CT molecular complexity index is 2210. The highest BCUT2D eigenvalue weighted by atomic mass is 32.1. The van der Waals surface area contributed by atoms with Crippen LogP contribution in [0.1, 0.15) is 46.6 Å². The third-order valence-electron chi connectivity index (χ3n) is 8.61. The summed E-state index contributed by atoms with van der Waals surface area (Å²) in [7, 11) is 3.14. The van der Waals surface area contributed by atoms with Gasteiger partial charge in [-0.15, -0.1) is 0 Å². The summed E-state index contributed by atoms with van der Waals surface area (Å²) in [6.07, 6.45) is 1.93. The molecule has 1 amide bonds. The molecule has 1 aliphatic heterocycles. The number of benzene rings is 3. The van der Waals surface area contributed by atoms with E-state index in [-0.39, 0.29) is 11.5 Å². The lowest BCUT2D eigenvalue weighted by molar-refractivity contribution is -0.113. The Kier molecular flexibility index (Phi) is 8.27. The van der Waals surface area contributed by atoms with Gasteiger partial charge in [0.1, 0.15) is 17.5 Å². The summed E-state index contributed by atoms with van der Waals surface area (Å²) in [5.41, 5.74) is 8.54. The number of ether oxygens (including phenoxy) is 2. The number of nitrogens with zero attached hydrogens (tertiary/aromatic N) is 3. The minimum absolute atomic E-state index is 0.235. The number of nitrogens with one attached hydrogen (secondary N) is 1. The molecule has 8 nitrogen and oxygen atoms in total. The smallest absolute Gasteiger partial charge is 0.271 e. The highest BCUT2D eigenvalue weighted by molar-refractivity contribution is 7.07. The Hall–Kier alpha value is -5.15. The summed E-state index contributed by atoms with van der Waals surface area (Å²) in [5, 5.41) is 2.99. The molecule has 9 heteroatoms. The maximum absolute atomic E-state index is 14.4. The van der Waals surface area contributed by atoms with E-state index in [1.54, 1.807) is 37.8 Å². The average Bonchev–Trinajstić information content (AvgIpc) is 3.50. The highest BCUT2D eigenvalue weighted by Gasteiger charge is 2.34. The normalized spacial score (nSPS) is 14.6. The zero-order chi connectivity index (χ0) is 32.7. The first kappa shape index (κ1) is 30.9. The van der Waals surface area contributed by atoms with E-state index in [2.05, 4.69) is 61.8 Å². The fourth-order valence-electron chi connectivity index (χ4n) is 6.09. The van der Waals surface area contributed by atoms with Crippen molar-refractivity contribution in [3.8, 4) is 17.2 Å². The second kappa shape index (κ2) is 12.3. The summed E-state index contributed by atoms with van der Waals surface area (Å²) in [6, 6.07) is 22.2. The minimum atomic E-state index is -0.787. The van der Waals surface area contributed by atoms with Gasteiger partial charge in [0.05, 0.1) is 30.0 Å². The first-order valence-electron chi connectivity index (χ1n) is 15.0. The number of hydrogen-bond donors (Lipinski definition) is 1. The first-order valence-corrected chi connectivity index (χ1v) is 15.8. The molecule has 5 aromatic rings. The maximum atomic E-state index is 14.4. The number of hydrogen-bond acceptors (Lipinski definition) is 6. The van der Waals surface area contributed by atoms with Gasteiger partial charge in [0.2, 0.25) is 0 Å². The van der Waals surface area contributed by atoms with Gasteiger partial charge in [0.15, 0.2) is 4.80 Å². The van der Waals surface area contributed by atoms with E-state index >= 15 is 0 Å². The van der Waals surface area contributed by atoms with Gasteiger partial charge in [-0.3, -0.25) is 14.2 Å². The van der Waals surface area contributed by atoms with E-state index < -0.39 is 6.04 Å². The molecule has 1 aliphatic rings. The predicted molar refractivity (Wildman–Crippen MR) is 183 cm³/mol. The number of carbonyl (C=O) groups excluding carboxylic acids is 1. The third-order valence-corrected chi connectivity index (χ3v) is 9.59. The zero-order valence-electron chi connectivity index (χ0n) is 27.0. The molecule has 0 spiro atoms. The molecule has 0 unspecified atom stereocenters. The molecule has 1 atom stereocenters. The van der Waals surface area contributed by atoms with Crippen molar-refractivity contribution in [2.45, 2.75) is 40.7 Å². The van der Waals surface area contributed by atoms with E-state index in [9.17, 15) is 9.59 Å². The van der Waals surface area contributed by atoms with Crippen LogP contribution < -0.4 is 29.7 Å². The van der Waals surface area contributed by atoms with Crippen LogP contribution in [0.5, 0.6) is 11.5 Å². The molecule has 6 rings (SSSR count). The Morgan fingerprint density at radius 1 is 0.935 bits per heavy atom. The van der Waals surface area contributed by atoms with Crippen molar-refractivity contribution in [3.63, 3.8) is 0 Å². The number of carbonyl (C=O) groups is 1. The van der Waals surface area contributed by atoms with Crippen LogP contribution in [-0.4, -0.2) is 29.3 Å². The lowest BCUT2D eigenvalue weighted by atomic mass is 9.94. The summed E-state index contributed by atoms with van der Waals surface area (Å²) in [5.74, 6) is 0.751. The lowest BCUT2D eigenvalue weighted by Gasteiger charge is -2.26. The van der Waals surface area contributed by atoms with Gasteiger partial charge in [-0.05, 0) is 93.8 Å². The Morgan fingerprint density at radius 3 is 2.41 bits per heavy atom. The van der Waals surface area contributed by atoms with E-state index in [0.717, 1.165) is 22.6 Å². The SMILES string of the molecule is COc1ccc([C@H]2C(C(=O)Nc3ccccc3)=C(C)N=c3s/c(=C\c4cc(C)n(-c5cccc(C)c5C)c4C)c(=O)n32)c(OC)c1. The Balaban J connectivity index is 1.54. The number of allylic oxidation sites excluding steroid dienone is 1. The van der Waals surface area contributed by atoms with E-state index in [1.807, 2.05) is 42.5 Å². The van der Waals surface area contributed by atoms with Crippen molar-refractivity contribution in [1.29, 1.82) is 0 Å². The van der Waals surface area contributed by atoms with Gasteiger partial charge < -0.3 is 19.4 Å². The molecule has 46 heavy (non-hydrogen) atoms. The second-order valence-electron chi connectivity index (χ2n) is 11.4. The standard InChI is InChI=1S/C37H36N4O4S/c1-21-12-11-15-30(23(21)3)40-22(2)18-26(25(40)5)19-32-36(43)41-34(29-17-16-28(44-6)20-31(29)45-7)33(24(4)38-37(41)46-32)35(42)39-27-13-9-8-10-14-27/h8-20,34H,1-7H3,(H,39,42)/b32-19-/t34-/m0/s1. The van der Waals surface area contributed by atoms with Gasteiger partial charge in [-0.2, -0.15) is 0 Å². The predicted octanol–water partition coefficient (Wildman–Crippen LogP) is 5.92. The molecule has 0 radical (unpaired) electrons. The van der Waals surface area contributed by atoms with E-state index in [1.165, 1.54) is 22.5 Å². The number of thiazole rings is 1. The summed E-state index contributed by atoms with van der Waals surface area (Å²) < 4.78 is 15.6. The molecule has 3 heterocycles. The lowest BCUT2D eigenvalue weighted by Crippen LogP contribution is -2.40.